The summed E-state index contributed by atoms with van der Waals surface area (Å²) in [5, 5.41) is 0.667. The molecule has 2 aromatic rings. The zero-order valence-electron chi connectivity index (χ0n) is 13.7. The summed E-state index contributed by atoms with van der Waals surface area (Å²) in [6, 6.07) is 7.37. The van der Waals surface area contributed by atoms with Crippen LogP contribution in [0.1, 0.15) is 48.4 Å². The van der Waals surface area contributed by atoms with Gasteiger partial charge in [-0.05, 0) is 51.0 Å². The highest BCUT2D eigenvalue weighted by molar-refractivity contribution is 6.30. The number of aromatic nitrogens is 2. The van der Waals surface area contributed by atoms with E-state index in [9.17, 15) is 4.79 Å². The molecule has 0 amide bonds. The number of rotatable bonds is 6. The maximum Gasteiger partial charge on any atom is 0.341 e. The minimum atomic E-state index is -0.348. The summed E-state index contributed by atoms with van der Waals surface area (Å²) in [4.78, 5) is 21.3. The Hall–Kier alpha value is -1.94. The Balaban J connectivity index is 2.48. The molecule has 1 heterocycles. The average molecular weight is 333 g/mol. The van der Waals surface area contributed by atoms with Crippen LogP contribution in [0.25, 0.3) is 11.4 Å². The lowest BCUT2D eigenvalue weighted by molar-refractivity contribution is 0.0523. The lowest BCUT2D eigenvalue weighted by Crippen LogP contribution is -2.14. The molecule has 0 spiro atoms. The topological polar surface area (TPSA) is 52.1 Å². The average Bonchev–Trinajstić information content (AvgIpc) is 2.53. The highest BCUT2D eigenvalue weighted by Crippen LogP contribution is 2.22. The third-order valence-electron chi connectivity index (χ3n) is 3.51. The summed E-state index contributed by atoms with van der Waals surface area (Å²) in [7, 11) is 0. The van der Waals surface area contributed by atoms with Crippen molar-refractivity contribution in [2.45, 2.75) is 40.0 Å². The van der Waals surface area contributed by atoms with Crippen LogP contribution in [0.15, 0.2) is 24.3 Å². The molecule has 1 aromatic heterocycles. The smallest absolute Gasteiger partial charge is 0.341 e. The molecule has 0 aliphatic heterocycles. The van der Waals surface area contributed by atoms with E-state index in [2.05, 4.69) is 16.9 Å². The van der Waals surface area contributed by atoms with Gasteiger partial charge in [0.15, 0.2) is 5.82 Å². The molecule has 122 valence electrons. The van der Waals surface area contributed by atoms with Gasteiger partial charge in [-0.2, -0.15) is 0 Å². The molecule has 0 saturated carbocycles. The van der Waals surface area contributed by atoms with E-state index in [4.69, 9.17) is 16.3 Å². The summed E-state index contributed by atoms with van der Waals surface area (Å²) in [5.74, 6) is 0.261. The molecule has 5 heteroatoms. The second-order valence-corrected chi connectivity index (χ2v) is 5.72. The highest BCUT2D eigenvalue weighted by Gasteiger charge is 2.20. The van der Waals surface area contributed by atoms with Gasteiger partial charge in [0.1, 0.15) is 5.56 Å². The van der Waals surface area contributed by atoms with Gasteiger partial charge in [-0.15, -0.1) is 0 Å². The Morgan fingerprint density at radius 2 is 1.87 bits per heavy atom. The van der Waals surface area contributed by atoms with E-state index in [1.807, 2.05) is 19.1 Å². The van der Waals surface area contributed by atoms with Gasteiger partial charge < -0.3 is 4.74 Å². The lowest BCUT2D eigenvalue weighted by atomic mass is 10.1. The quantitative estimate of drug-likeness (QED) is 0.724. The van der Waals surface area contributed by atoms with Crippen molar-refractivity contribution in [3.63, 3.8) is 0 Å². The van der Waals surface area contributed by atoms with Crippen molar-refractivity contribution in [1.29, 1.82) is 0 Å². The van der Waals surface area contributed by atoms with Crippen LogP contribution in [0, 0.1) is 6.92 Å². The molecule has 23 heavy (non-hydrogen) atoms. The van der Waals surface area contributed by atoms with E-state index >= 15 is 0 Å². The van der Waals surface area contributed by atoms with Gasteiger partial charge in [0.05, 0.1) is 18.0 Å². The fraction of sp³-hybridized carbons (Fsp3) is 0.389. The van der Waals surface area contributed by atoms with Crippen LogP contribution in [0.4, 0.5) is 0 Å². The molecule has 0 aliphatic rings. The van der Waals surface area contributed by atoms with Crippen molar-refractivity contribution < 1.29 is 9.53 Å². The Morgan fingerprint density at radius 3 is 2.48 bits per heavy atom. The standard InChI is InChI=1S/C18H21ClN2O2/c1-4-6-7-15-16(18(22)23-5-2)12(3)20-17(21-15)13-8-10-14(19)11-9-13/h8-11H,4-7H2,1-3H3. The van der Waals surface area contributed by atoms with Crippen molar-refractivity contribution >= 4 is 17.6 Å². The van der Waals surface area contributed by atoms with E-state index in [1.54, 1.807) is 19.1 Å². The molecule has 2 rings (SSSR count). The van der Waals surface area contributed by atoms with Gasteiger partial charge in [-0.25, -0.2) is 14.8 Å². The first kappa shape index (κ1) is 17.4. The first-order valence-corrected chi connectivity index (χ1v) is 8.25. The third kappa shape index (κ3) is 4.29. The monoisotopic (exact) mass is 332 g/mol. The van der Waals surface area contributed by atoms with Crippen molar-refractivity contribution in [3.05, 3.63) is 46.2 Å². The van der Waals surface area contributed by atoms with E-state index < -0.39 is 0 Å². The van der Waals surface area contributed by atoms with E-state index in [1.165, 1.54) is 0 Å². The Kier molecular flexibility index (Phi) is 6.11. The number of carbonyl (C=O) groups excluding carboxylic acids is 1. The van der Waals surface area contributed by atoms with Crippen LogP contribution in [-0.4, -0.2) is 22.5 Å². The van der Waals surface area contributed by atoms with E-state index in [-0.39, 0.29) is 5.97 Å². The Labute approximate surface area is 141 Å². The number of carbonyl (C=O) groups is 1. The largest absolute Gasteiger partial charge is 0.462 e. The fourth-order valence-corrected chi connectivity index (χ4v) is 2.48. The zero-order chi connectivity index (χ0) is 16.8. The molecular weight excluding hydrogens is 312 g/mol. The molecule has 0 saturated heterocycles. The number of benzene rings is 1. The molecule has 4 nitrogen and oxygen atoms in total. The minimum Gasteiger partial charge on any atom is -0.462 e. The van der Waals surface area contributed by atoms with Gasteiger partial charge in [0, 0.05) is 10.6 Å². The fourth-order valence-electron chi connectivity index (χ4n) is 2.35. The molecule has 0 bridgehead atoms. The number of hydrogen-bond acceptors (Lipinski definition) is 4. The van der Waals surface area contributed by atoms with Gasteiger partial charge in [-0.3, -0.25) is 0 Å². The van der Waals surface area contributed by atoms with Crippen LogP contribution >= 0.6 is 11.6 Å². The minimum absolute atomic E-state index is 0.338. The van der Waals surface area contributed by atoms with Crippen molar-refractivity contribution in [2.24, 2.45) is 0 Å². The number of esters is 1. The maximum absolute atomic E-state index is 12.2. The first-order chi connectivity index (χ1) is 11.1. The lowest BCUT2D eigenvalue weighted by Gasteiger charge is -2.12. The molecule has 0 fully saturated rings. The number of ether oxygens (including phenoxy) is 1. The summed E-state index contributed by atoms with van der Waals surface area (Å²) in [5.41, 5.74) is 2.78. The Morgan fingerprint density at radius 1 is 1.17 bits per heavy atom. The van der Waals surface area contributed by atoms with Gasteiger partial charge in [-0.1, -0.05) is 24.9 Å². The number of hydrogen-bond donors (Lipinski definition) is 0. The zero-order valence-corrected chi connectivity index (χ0v) is 14.5. The van der Waals surface area contributed by atoms with E-state index in [0.29, 0.717) is 28.7 Å². The number of nitrogens with zero attached hydrogens (tertiary/aromatic N) is 2. The molecule has 0 atom stereocenters. The Bertz CT molecular complexity index is 684. The SMILES string of the molecule is CCCCc1nc(-c2ccc(Cl)cc2)nc(C)c1C(=O)OCC. The summed E-state index contributed by atoms with van der Waals surface area (Å²) in [6.45, 7) is 6.06. The molecule has 0 aliphatic carbocycles. The molecule has 0 radical (unpaired) electrons. The van der Waals surface area contributed by atoms with Crippen LogP contribution in [0.2, 0.25) is 5.02 Å². The number of halogens is 1. The van der Waals surface area contributed by atoms with Crippen molar-refractivity contribution in [2.75, 3.05) is 6.61 Å². The number of unbranched alkanes of at least 4 members (excludes halogenated alkanes) is 1. The van der Waals surface area contributed by atoms with Crippen LogP contribution in [0.3, 0.4) is 0 Å². The second-order valence-electron chi connectivity index (χ2n) is 5.29. The molecule has 0 N–H and O–H groups in total. The molecular formula is C18H21ClN2O2. The summed E-state index contributed by atoms with van der Waals surface area (Å²) >= 11 is 5.93. The van der Waals surface area contributed by atoms with Crippen LogP contribution < -0.4 is 0 Å². The molecule has 0 unspecified atom stereocenters. The third-order valence-corrected chi connectivity index (χ3v) is 3.77. The first-order valence-electron chi connectivity index (χ1n) is 7.87. The van der Waals surface area contributed by atoms with Crippen molar-refractivity contribution in [3.8, 4) is 11.4 Å². The van der Waals surface area contributed by atoms with Gasteiger partial charge >= 0.3 is 5.97 Å². The predicted molar refractivity (Wildman–Crippen MR) is 91.8 cm³/mol. The highest BCUT2D eigenvalue weighted by atomic mass is 35.5. The second kappa shape index (κ2) is 8.06. The maximum atomic E-state index is 12.2. The van der Waals surface area contributed by atoms with Gasteiger partial charge in [0.2, 0.25) is 0 Å². The van der Waals surface area contributed by atoms with Crippen LogP contribution in [0.5, 0.6) is 0 Å². The van der Waals surface area contributed by atoms with Crippen LogP contribution in [-0.2, 0) is 11.2 Å². The summed E-state index contributed by atoms with van der Waals surface area (Å²) < 4.78 is 5.15. The predicted octanol–water partition coefficient (Wildman–Crippen LogP) is 4.62. The van der Waals surface area contributed by atoms with Gasteiger partial charge in [0.25, 0.3) is 0 Å². The summed E-state index contributed by atoms with van der Waals surface area (Å²) in [6.07, 6.45) is 2.72. The van der Waals surface area contributed by atoms with E-state index in [0.717, 1.165) is 30.5 Å². The normalized spacial score (nSPS) is 10.6. The number of aryl methyl sites for hydroxylation is 2. The van der Waals surface area contributed by atoms with Crippen molar-refractivity contribution in [1.82, 2.24) is 9.97 Å². The molecule has 1 aromatic carbocycles.